The quantitative estimate of drug-likeness (QED) is 0.383. The summed E-state index contributed by atoms with van der Waals surface area (Å²) in [5.41, 5.74) is 5.53. The Morgan fingerprint density at radius 3 is 2.39 bits per heavy atom. The first-order valence-corrected chi connectivity index (χ1v) is 11.5. The number of amides is 1. The van der Waals surface area contributed by atoms with Gasteiger partial charge in [-0.3, -0.25) is 9.69 Å². The minimum Gasteiger partial charge on any atom is -0.365 e. The molecule has 1 heterocycles. The molecule has 3 rings (SSSR count). The highest BCUT2D eigenvalue weighted by atomic mass is 16.2. The number of hydrogen-bond donors (Lipinski definition) is 1. The molecule has 31 heavy (non-hydrogen) atoms. The van der Waals surface area contributed by atoms with Crippen molar-refractivity contribution in [1.82, 2.24) is 15.1 Å². The number of nitrogens with zero attached hydrogens (tertiary/aromatic N) is 3. The van der Waals surface area contributed by atoms with Gasteiger partial charge in [0.15, 0.2) is 0 Å². The van der Waals surface area contributed by atoms with Crippen LogP contribution in [-0.2, 0) is 11.3 Å². The lowest BCUT2D eigenvalue weighted by molar-refractivity contribution is -0.128. The third-order valence-corrected chi connectivity index (χ3v) is 6.38. The summed E-state index contributed by atoms with van der Waals surface area (Å²) in [6, 6.07) is 8.67. The molecule has 5 heteroatoms. The molecule has 1 aliphatic heterocycles. The normalized spacial score (nSPS) is 18.8. The number of carbonyl (C=O) groups excluding carboxylic acids is 1. The Kier molecular flexibility index (Phi) is 7.37. The van der Waals surface area contributed by atoms with Crippen LogP contribution >= 0.6 is 0 Å². The molecule has 0 bridgehead atoms. The number of aliphatic imine (C=N–C) groups is 1. The highest BCUT2D eigenvalue weighted by Crippen LogP contribution is 2.37. The highest BCUT2D eigenvalue weighted by molar-refractivity contribution is 5.98. The molecule has 5 nitrogen and oxygen atoms in total. The summed E-state index contributed by atoms with van der Waals surface area (Å²) in [4.78, 5) is 22.3. The second-order valence-corrected chi connectivity index (χ2v) is 9.46. The minimum atomic E-state index is 0.0914. The van der Waals surface area contributed by atoms with E-state index >= 15 is 0 Å². The monoisotopic (exact) mass is 422 g/mol. The van der Waals surface area contributed by atoms with E-state index in [2.05, 4.69) is 67.0 Å². The van der Waals surface area contributed by atoms with E-state index in [1.807, 2.05) is 18.7 Å². The van der Waals surface area contributed by atoms with Gasteiger partial charge in [-0.25, -0.2) is 4.99 Å². The molecule has 1 aromatic carbocycles. The van der Waals surface area contributed by atoms with Crippen LogP contribution in [0.15, 0.2) is 51.8 Å². The third-order valence-electron chi connectivity index (χ3n) is 6.38. The van der Waals surface area contributed by atoms with Crippen LogP contribution in [-0.4, -0.2) is 54.1 Å². The van der Waals surface area contributed by atoms with Crippen molar-refractivity contribution in [1.29, 1.82) is 0 Å². The van der Waals surface area contributed by atoms with E-state index in [-0.39, 0.29) is 11.4 Å². The first kappa shape index (κ1) is 23.3. The third kappa shape index (κ3) is 5.85. The van der Waals surface area contributed by atoms with Gasteiger partial charge in [-0.2, -0.15) is 0 Å². The number of aryl methyl sites for hydroxylation is 1. The number of allylic oxidation sites excluding steroid dienone is 1. The van der Waals surface area contributed by atoms with Crippen LogP contribution < -0.4 is 5.32 Å². The molecule has 0 radical (unpaired) electrons. The molecule has 168 valence electrons. The molecule has 1 saturated carbocycles. The van der Waals surface area contributed by atoms with Crippen LogP contribution in [0.2, 0.25) is 0 Å². The highest BCUT2D eigenvalue weighted by Gasteiger charge is 2.38. The topological polar surface area (TPSA) is 47.9 Å². The zero-order valence-electron chi connectivity index (χ0n) is 19.9. The molecular formula is C26H38N4O. The average molecular weight is 423 g/mol. The van der Waals surface area contributed by atoms with E-state index in [4.69, 9.17) is 0 Å². The van der Waals surface area contributed by atoms with E-state index in [1.54, 1.807) is 0 Å². The number of carbonyl (C=O) groups is 1. The molecule has 2 aliphatic rings. The summed E-state index contributed by atoms with van der Waals surface area (Å²) >= 11 is 0. The maximum Gasteiger partial charge on any atom is 0.254 e. The number of benzene rings is 1. The smallest absolute Gasteiger partial charge is 0.254 e. The second-order valence-electron chi connectivity index (χ2n) is 9.46. The summed E-state index contributed by atoms with van der Waals surface area (Å²) in [6.45, 7) is 18.5. The second kappa shape index (κ2) is 9.82. The number of hydrogen-bond acceptors (Lipinski definition) is 4. The maximum atomic E-state index is 13.6. The molecule has 0 aromatic heterocycles. The molecule has 2 fully saturated rings. The summed E-state index contributed by atoms with van der Waals surface area (Å²) < 4.78 is 0. The van der Waals surface area contributed by atoms with Gasteiger partial charge in [0.05, 0.1) is 0 Å². The van der Waals surface area contributed by atoms with E-state index in [0.29, 0.717) is 0 Å². The van der Waals surface area contributed by atoms with Gasteiger partial charge in [0.2, 0.25) is 0 Å². The fourth-order valence-corrected chi connectivity index (χ4v) is 4.25. The molecule has 1 saturated heterocycles. The van der Waals surface area contributed by atoms with Crippen LogP contribution in [0.1, 0.15) is 58.1 Å². The van der Waals surface area contributed by atoms with Gasteiger partial charge in [-0.05, 0) is 59.2 Å². The largest absolute Gasteiger partial charge is 0.365 e. The Morgan fingerprint density at radius 1 is 1.19 bits per heavy atom. The fourth-order valence-electron chi connectivity index (χ4n) is 4.25. The lowest BCUT2D eigenvalue weighted by atomic mass is 9.97. The van der Waals surface area contributed by atoms with Gasteiger partial charge < -0.3 is 10.2 Å². The zero-order chi connectivity index (χ0) is 22.6. The number of rotatable bonds is 8. The molecule has 0 spiro atoms. The molecule has 1 amide bonds. The van der Waals surface area contributed by atoms with Crippen LogP contribution in [0.4, 0.5) is 0 Å². The first-order valence-electron chi connectivity index (χ1n) is 11.5. The minimum absolute atomic E-state index is 0.0914. The fraction of sp³-hybridized carbons (Fsp3) is 0.538. The van der Waals surface area contributed by atoms with Crippen LogP contribution in [0.3, 0.4) is 0 Å². The van der Waals surface area contributed by atoms with Gasteiger partial charge >= 0.3 is 0 Å². The maximum absolute atomic E-state index is 13.6. The molecule has 0 atom stereocenters. The van der Waals surface area contributed by atoms with Gasteiger partial charge in [-0.15, -0.1) is 0 Å². The van der Waals surface area contributed by atoms with Crippen molar-refractivity contribution in [3.63, 3.8) is 0 Å². The summed E-state index contributed by atoms with van der Waals surface area (Å²) in [6.07, 6.45) is 3.00. The summed E-state index contributed by atoms with van der Waals surface area (Å²) in [5, 5.41) is 3.54. The molecule has 1 aliphatic carbocycles. The zero-order valence-corrected chi connectivity index (χ0v) is 19.9. The lowest BCUT2D eigenvalue weighted by Gasteiger charge is -2.36. The molecule has 0 unspecified atom stereocenters. The van der Waals surface area contributed by atoms with Gasteiger partial charge in [0, 0.05) is 49.4 Å². The summed E-state index contributed by atoms with van der Waals surface area (Å²) in [7, 11) is 0. The molecule has 1 N–H and O–H groups in total. The Labute approximate surface area is 187 Å². The van der Waals surface area contributed by atoms with Crippen molar-refractivity contribution in [2.45, 2.75) is 66.0 Å². The number of nitrogens with one attached hydrogen (secondary N) is 1. The van der Waals surface area contributed by atoms with Crippen molar-refractivity contribution >= 4 is 12.6 Å². The van der Waals surface area contributed by atoms with Gasteiger partial charge in [-0.1, -0.05) is 42.3 Å². The molecular weight excluding hydrogens is 384 g/mol. The van der Waals surface area contributed by atoms with Crippen molar-refractivity contribution in [2.75, 3.05) is 26.2 Å². The Hall–Kier alpha value is -2.40. The Morgan fingerprint density at radius 2 is 1.87 bits per heavy atom. The summed E-state index contributed by atoms with van der Waals surface area (Å²) in [5.74, 6) is 0.890. The average Bonchev–Trinajstić information content (AvgIpc) is 3.47. The van der Waals surface area contributed by atoms with Crippen molar-refractivity contribution in [3.05, 3.63) is 57.9 Å². The number of piperazine rings is 1. The SMILES string of the molecule is C=N/C(NC1(C)CC1)=C(\CC)C(C(=O)N1CCN(Cc2cccc(C)c2)CC1)=C(C)C. The van der Waals surface area contributed by atoms with E-state index in [0.717, 1.165) is 74.5 Å². The Balaban J connectivity index is 1.71. The van der Waals surface area contributed by atoms with Gasteiger partial charge in [0.25, 0.3) is 5.91 Å². The van der Waals surface area contributed by atoms with E-state index in [9.17, 15) is 4.79 Å². The van der Waals surface area contributed by atoms with Gasteiger partial charge in [0.1, 0.15) is 5.82 Å². The lowest BCUT2D eigenvalue weighted by Crippen LogP contribution is -2.49. The standard InChI is InChI=1S/C26H38N4O/c1-7-22(24(27-6)28-26(5)11-12-26)23(19(2)3)25(31)30-15-13-29(14-16-30)18-21-10-8-9-20(4)17-21/h8-10,17,28H,6-7,11-16,18H2,1-5H3/b24-22-. The van der Waals surface area contributed by atoms with Crippen molar-refractivity contribution < 1.29 is 4.79 Å². The van der Waals surface area contributed by atoms with Crippen molar-refractivity contribution in [2.24, 2.45) is 4.99 Å². The van der Waals surface area contributed by atoms with Crippen molar-refractivity contribution in [3.8, 4) is 0 Å². The van der Waals surface area contributed by atoms with Crippen LogP contribution in [0.25, 0.3) is 0 Å². The predicted octanol–water partition coefficient (Wildman–Crippen LogP) is 4.44. The van der Waals surface area contributed by atoms with Crippen LogP contribution in [0, 0.1) is 6.92 Å². The van der Waals surface area contributed by atoms with E-state index < -0.39 is 0 Å². The molecule has 1 aromatic rings. The first-order chi connectivity index (χ1) is 14.8. The van der Waals surface area contributed by atoms with Crippen LogP contribution in [0.5, 0.6) is 0 Å². The van der Waals surface area contributed by atoms with E-state index in [1.165, 1.54) is 11.1 Å². The predicted molar refractivity (Wildman–Crippen MR) is 129 cm³/mol. The Bertz CT molecular complexity index is 882.